The molecule has 1 fully saturated rings. The van der Waals surface area contributed by atoms with Gasteiger partial charge in [0.15, 0.2) is 0 Å². The lowest BCUT2D eigenvalue weighted by atomic mass is 9.82. The molecule has 1 aromatic rings. The first-order chi connectivity index (χ1) is 8.95. The molecule has 0 aromatic carbocycles. The number of hydrogen-bond donors (Lipinski definition) is 1. The van der Waals surface area contributed by atoms with E-state index in [9.17, 15) is 9.90 Å². The van der Waals surface area contributed by atoms with E-state index in [1.807, 2.05) is 20.8 Å². The Morgan fingerprint density at radius 2 is 2.26 bits per heavy atom. The van der Waals surface area contributed by atoms with Gasteiger partial charge in [0, 0.05) is 24.7 Å². The molecule has 1 saturated heterocycles. The molecule has 0 unspecified atom stereocenters. The summed E-state index contributed by atoms with van der Waals surface area (Å²) in [6.07, 6.45) is 1.59. The van der Waals surface area contributed by atoms with E-state index in [1.54, 1.807) is 23.2 Å². The van der Waals surface area contributed by atoms with Gasteiger partial charge in [-0.15, -0.1) is 0 Å². The number of likely N-dealkylation sites (tertiary alicyclic amines) is 1. The first-order valence-corrected chi connectivity index (χ1v) is 6.47. The molecule has 1 amide bonds. The normalized spacial score (nSPS) is 17.2. The van der Waals surface area contributed by atoms with E-state index in [1.165, 1.54) is 0 Å². The van der Waals surface area contributed by atoms with E-state index < -0.39 is 0 Å². The van der Waals surface area contributed by atoms with Gasteiger partial charge < -0.3 is 14.7 Å². The number of carbonyl (C=O) groups excluding carboxylic acids is 1. The van der Waals surface area contributed by atoms with Gasteiger partial charge in [-0.3, -0.25) is 4.79 Å². The zero-order chi connectivity index (χ0) is 14.0. The number of hydrogen-bond acceptors (Lipinski definition) is 4. The van der Waals surface area contributed by atoms with Crippen molar-refractivity contribution in [1.82, 2.24) is 9.88 Å². The van der Waals surface area contributed by atoms with E-state index in [2.05, 4.69) is 4.98 Å². The first-order valence-electron chi connectivity index (χ1n) is 6.47. The molecule has 1 aliphatic rings. The van der Waals surface area contributed by atoms with Gasteiger partial charge in [0.25, 0.3) is 5.91 Å². The molecule has 2 rings (SSSR count). The van der Waals surface area contributed by atoms with Crippen LogP contribution in [0.2, 0.25) is 0 Å². The zero-order valence-electron chi connectivity index (χ0n) is 11.6. The molecule has 0 radical (unpaired) electrons. The Labute approximate surface area is 113 Å². The van der Waals surface area contributed by atoms with Crippen molar-refractivity contribution in [3.8, 4) is 5.88 Å². The number of aliphatic hydroxyl groups is 1. The lowest BCUT2D eigenvalue weighted by molar-refractivity contribution is -0.0155. The number of pyridine rings is 1. The first kappa shape index (κ1) is 13.8. The second kappa shape index (κ2) is 5.17. The minimum Gasteiger partial charge on any atom is -0.474 e. The number of amides is 1. The third kappa shape index (κ3) is 2.87. The Morgan fingerprint density at radius 3 is 2.84 bits per heavy atom. The smallest absolute Gasteiger partial charge is 0.259 e. The third-order valence-electron chi connectivity index (χ3n) is 3.16. The number of carbonyl (C=O) groups is 1. The predicted molar refractivity (Wildman–Crippen MR) is 71.1 cm³/mol. The highest BCUT2D eigenvalue weighted by molar-refractivity contribution is 5.96. The molecule has 5 heteroatoms. The van der Waals surface area contributed by atoms with E-state index in [0.717, 1.165) is 0 Å². The standard InChI is InChI=1S/C14H20N2O3/c1-10(2)19-12-11(5-4-6-15-12)13(18)16-7-14(3,8-16)9-17/h4-6,10,17H,7-9H2,1-3H3. The van der Waals surface area contributed by atoms with Crippen LogP contribution >= 0.6 is 0 Å². The summed E-state index contributed by atoms with van der Waals surface area (Å²) >= 11 is 0. The molecule has 0 bridgehead atoms. The second-order valence-corrected chi connectivity index (χ2v) is 5.65. The summed E-state index contributed by atoms with van der Waals surface area (Å²) in [5.41, 5.74) is 0.313. The average molecular weight is 264 g/mol. The highest BCUT2D eigenvalue weighted by Gasteiger charge is 2.41. The largest absolute Gasteiger partial charge is 0.474 e. The maximum absolute atomic E-state index is 12.4. The summed E-state index contributed by atoms with van der Waals surface area (Å²) in [4.78, 5) is 18.2. The highest BCUT2D eigenvalue weighted by atomic mass is 16.5. The summed E-state index contributed by atoms with van der Waals surface area (Å²) < 4.78 is 5.56. The fraction of sp³-hybridized carbons (Fsp3) is 0.571. The lowest BCUT2D eigenvalue weighted by Crippen LogP contribution is -2.58. The molecule has 0 spiro atoms. The summed E-state index contributed by atoms with van der Waals surface area (Å²) in [5, 5.41) is 9.21. The monoisotopic (exact) mass is 264 g/mol. The number of aromatic nitrogens is 1. The van der Waals surface area contributed by atoms with E-state index >= 15 is 0 Å². The van der Waals surface area contributed by atoms with E-state index in [-0.39, 0.29) is 24.0 Å². The van der Waals surface area contributed by atoms with Crippen molar-refractivity contribution in [3.63, 3.8) is 0 Å². The highest BCUT2D eigenvalue weighted by Crippen LogP contribution is 2.31. The van der Waals surface area contributed by atoms with Crippen LogP contribution in [-0.2, 0) is 0 Å². The molecule has 0 saturated carbocycles. The Kier molecular flexibility index (Phi) is 3.75. The summed E-state index contributed by atoms with van der Waals surface area (Å²) in [7, 11) is 0. The van der Waals surface area contributed by atoms with Gasteiger partial charge in [-0.05, 0) is 26.0 Å². The summed E-state index contributed by atoms with van der Waals surface area (Å²) in [5.74, 6) is 0.287. The summed E-state index contributed by atoms with van der Waals surface area (Å²) in [6, 6.07) is 3.45. The molecule has 19 heavy (non-hydrogen) atoms. The lowest BCUT2D eigenvalue weighted by Gasteiger charge is -2.47. The van der Waals surface area contributed by atoms with Crippen LogP contribution in [-0.4, -0.2) is 46.7 Å². The molecule has 1 aromatic heterocycles. The maximum Gasteiger partial charge on any atom is 0.259 e. The Hall–Kier alpha value is -1.62. The fourth-order valence-electron chi connectivity index (χ4n) is 2.16. The van der Waals surface area contributed by atoms with Gasteiger partial charge >= 0.3 is 0 Å². The van der Waals surface area contributed by atoms with Crippen LogP contribution in [0.15, 0.2) is 18.3 Å². The van der Waals surface area contributed by atoms with Crippen LogP contribution in [0.25, 0.3) is 0 Å². The van der Waals surface area contributed by atoms with Crippen LogP contribution in [0.3, 0.4) is 0 Å². The van der Waals surface area contributed by atoms with Crippen molar-refractivity contribution < 1.29 is 14.6 Å². The quantitative estimate of drug-likeness (QED) is 0.891. The van der Waals surface area contributed by atoms with Crippen molar-refractivity contribution in [2.45, 2.75) is 26.9 Å². The van der Waals surface area contributed by atoms with E-state index in [4.69, 9.17) is 4.74 Å². The molecular weight excluding hydrogens is 244 g/mol. The Bertz CT molecular complexity index is 468. The SMILES string of the molecule is CC(C)Oc1ncccc1C(=O)N1CC(C)(CO)C1. The van der Waals surface area contributed by atoms with Gasteiger partial charge in [0.1, 0.15) is 5.56 Å². The van der Waals surface area contributed by atoms with Gasteiger partial charge in [-0.1, -0.05) is 6.92 Å². The second-order valence-electron chi connectivity index (χ2n) is 5.65. The maximum atomic E-state index is 12.4. The van der Waals surface area contributed by atoms with Gasteiger partial charge in [-0.25, -0.2) is 4.98 Å². The molecule has 0 atom stereocenters. The third-order valence-corrected chi connectivity index (χ3v) is 3.16. The van der Waals surface area contributed by atoms with Crippen LogP contribution in [0.5, 0.6) is 5.88 Å². The molecular formula is C14H20N2O3. The van der Waals surface area contributed by atoms with Crippen molar-refractivity contribution >= 4 is 5.91 Å². The minimum absolute atomic E-state index is 0.0273. The number of nitrogens with zero attached hydrogens (tertiary/aromatic N) is 2. The van der Waals surface area contributed by atoms with E-state index in [0.29, 0.717) is 24.5 Å². The van der Waals surface area contributed by atoms with Gasteiger partial charge in [-0.2, -0.15) is 0 Å². The Morgan fingerprint density at radius 1 is 1.58 bits per heavy atom. The molecule has 1 aliphatic heterocycles. The summed E-state index contributed by atoms with van der Waals surface area (Å²) in [6.45, 7) is 6.99. The predicted octanol–water partition coefficient (Wildman–Crippen LogP) is 1.32. The molecule has 0 aliphatic carbocycles. The molecule has 1 N–H and O–H groups in total. The zero-order valence-corrected chi connectivity index (χ0v) is 11.6. The van der Waals surface area contributed by atoms with Crippen LogP contribution in [0.1, 0.15) is 31.1 Å². The number of aliphatic hydroxyl groups excluding tert-OH is 1. The average Bonchev–Trinajstić information content (AvgIpc) is 2.34. The minimum atomic E-state index is -0.170. The van der Waals surface area contributed by atoms with Crippen LogP contribution < -0.4 is 4.74 Å². The molecule has 5 nitrogen and oxygen atoms in total. The Balaban J connectivity index is 2.12. The van der Waals surface area contributed by atoms with Crippen molar-refractivity contribution in [1.29, 1.82) is 0 Å². The van der Waals surface area contributed by atoms with Crippen LogP contribution in [0, 0.1) is 5.41 Å². The van der Waals surface area contributed by atoms with Crippen molar-refractivity contribution in [2.75, 3.05) is 19.7 Å². The van der Waals surface area contributed by atoms with Gasteiger partial charge in [0.05, 0.1) is 12.7 Å². The molecule has 104 valence electrons. The van der Waals surface area contributed by atoms with Crippen LogP contribution in [0.4, 0.5) is 0 Å². The molecule has 2 heterocycles. The fourth-order valence-corrected chi connectivity index (χ4v) is 2.16. The van der Waals surface area contributed by atoms with Crippen molar-refractivity contribution in [2.24, 2.45) is 5.41 Å². The number of rotatable bonds is 4. The van der Waals surface area contributed by atoms with Crippen molar-refractivity contribution in [3.05, 3.63) is 23.9 Å². The van der Waals surface area contributed by atoms with Gasteiger partial charge in [0.2, 0.25) is 5.88 Å². The number of ether oxygens (including phenoxy) is 1. The topological polar surface area (TPSA) is 62.7 Å².